The van der Waals surface area contributed by atoms with E-state index in [2.05, 4.69) is 11.6 Å². The van der Waals surface area contributed by atoms with Crippen LogP contribution in [0.1, 0.15) is 35.2 Å². The van der Waals surface area contributed by atoms with Gasteiger partial charge in [-0.25, -0.2) is 0 Å². The van der Waals surface area contributed by atoms with Crippen LogP contribution in [0, 0.1) is 0 Å². The Morgan fingerprint density at radius 3 is 2.74 bits per heavy atom. The molecule has 0 spiro atoms. The highest BCUT2D eigenvalue weighted by molar-refractivity contribution is 7.99. The van der Waals surface area contributed by atoms with Crippen LogP contribution < -0.4 is 11.1 Å². The average Bonchev–Trinajstić information content (AvgIpc) is 2.87. The van der Waals surface area contributed by atoms with E-state index >= 15 is 0 Å². The minimum absolute atomic E-state index is 0.0465. The van der Waals surface area contributed by atoms with Crippen molar-refractivity contribution in [3.63, 3.8) is 0 Å². The third-order valence-electron chi connectivity index (χ3n) is 3.72. The van der Waals surface area contributed by atoms with Gasteiger partial charge in [-0.15, -0.1) is 0 Å². The lowest BCUT2D eigenvalue weighted by Gasteiger charge is -2.19. The number of amides is 1. The second-order valence-electron chi connectivity index (χ2n) is 5.02. The maximum atomic E-state index is 12.2. The Bertz CT molecular complexity index is 419. The van der Waals surface area contributed by atoms with Crippen LogP contribution in [0.3, 0.4) is 0 Å². The molecule has 1 fully saturated rings. The highest BCUT2D eigenvalue weighted by Gasteiger charge is 2.27. The van der Waals surface area contributed by atoms with Gasteiger partial charge < -0.3 is 11.1 Å². The first-order valence-electron chi connectivity index (χ1n) is 6.87. The Kier molecular flexibility index (Phi) is 5.28. The van der Waals surface area contributed by atoms with E-state index in [9.17, 15) is 4.79 Å². The van der Waals surface area contributed by atoms with Crippen molar-refractivity contribution in [3.05, 3.63) is 35.4 Å². The van der Waals surface area contributed by atoms with E-state index in [1.165, 1.54) is 18.4 Å². The molecule has 1 aliphatic carbocycles. The van der Waals surface area contributed by atoms with Gasteiger partial charge in [-0.05, 0) is 49.8 Å². The van der Waals surface area contributed by atoms with Gasteiger partial charge in [0.25, 0.3) is 5.91 Å². The molecule has 19 heavy (non-hydrogen) atoms. The Balaban J connectivity index is 1.95. The van der Waals surface area contributed by atoms with E-state index in [0.29, 0.717) is 17.8 Å². The second kappa shape index (κ2) is 6.96. The third-order valence-corrected chi connectivity index (χ3v) is 4.89. The maximum Gasteiger partial charge on any atom is 0.251 e. The Hall–Kier alpha value is -1.00. The van der Waals surface area contributed by atoms with Crippen molar-refractivity contribution in [2.45, 2.75) is 37.0 Å². The van der Waals surface area contributed by atoms with Crippen LogP contribution in [0.15, 0.2) is 24.3 Å². The number of nitrogens with one attached hydrogen (secondary N) is 1. The fraction of sp³-hybridized carbons (Fsp3) is 0.533. The molecule has 1 aliphatic rings. The number of rotatable bonds is 5. The smallest absolute Gasteiger partial charge is 0.251 e. The molecule has 0 saturated heterocycles. The van der Waals surface area contributed by atoms with Crippen LogP contribution in [0.25, 0.3) is 0 Å². The SMILES string of the molecule is CSC1CCCC1NC(=O)c1ccc(CCN)cc1. The van der Waals surface area contributed by atoms with Crippen LogP contribution in [-0.2, 0) is 6.42 Å². The highest BCUT2D eigenvalue weighted by Crippen LogP contribution is 2.28. The highest BCUT2D eigenvalue weighted by atomic mass is 32.2. The lowest BCUT2D eigenvalue weighted by atomic mass is 10.1. The quantitative estimate of drug-likeness (QED) is 0.868. The first-order chi connectivity index (χ1) is 9.24. The first kappa shape index (κ1) is 14.4. The lowest BCUT2D eigenvalue weighted by Crippen LogP contribution is -2.38. The maximum absolute atomic E-state index is 12.2. The van der Waals surface area contributed by atoms with Gasteiger partial charge in [-0.2, -0.15) is 11.8 Å². The number of carbonyl (C=O) groups excluding carboxylic acids is 1. The molecule has 3 nitrogen and oxygen atoms in total. The van der Waals surface area contributed by atoms with Crippen molar-refractivity contribution in [1.82, 2.24) is 5.32 Å². The molecular formula is C15H22N2OS. The minimum Gasteiger partial charge on any atom is -0.348 e. The molecule has 0 aliphatic heterocycles. The number of thioether (sulfide) groups is 1. The van der Waals surface area contributed by atoms with Crippen molar-refractivity contribution in [1.29, 1.82) is 0 Å². The number of hydrogen-bond donors (Lipinski definition) is 2. The molecule has 0 heterocycles. The molecular weight excluding hydrogens is 256 g/mol. The van der Waals surface area contributed by atoms with Gasteiger partial charge in [0.15, 0.2) is 0 Å². The summed E-state index contributed by atoms with van der Waals surface area (Å²) in [4.78, 5) is 12.2. The fourth-order valence-electron chi connectivity index (χ4n) is 2.61. The van der Waals surface area contributed by atoms with Gasteiger partial charge in [0, 0.05) is 16.9 Å². The molecule has 3 N–H and O–H groups in total. The summed E-state index contributed by atoms with van der Waals surface area (Å²) >= 11 is 1.86. The summed E-state index contributed by atoms with van der Waals surface area (Å²) in [6, 6.07) is 8.09. The van der Waals surface area contributed by atoms with Crippen molar-refractivity contribution >= 4 is 17.7 Å². The zero-order valence-corrected chi connectivity index (χ0v) is 12.2. The molecule has 0 radical (unpaired) electrons. The second-order valence-corrected chi connectivity index (χ2v) is 6.10. The molecule has 2 atom stereocenters. The standard InChI is InChI=1S/C15H22N2OS/c1-19-14-4-2-3-13(14)17-15(18)12-7-5-11(6-8-12)9-10-16/h5-8,13-14H,2-4,9-10,16H2,1H3,(H,17,18). The number of benzene rings is 1. The largest absolute Gasteiger partial charge is 0.348 e. The van der Waals surface area contributed by atoms with Crippen LogP contribution in [0.2, 0.25) is 0 Å². The third kappa shape index (κ3) is 3.74. The summed E-state index contributed by atoms with van der Waals surface area (Å²) in [5.41, 5.74) is 7.44. The van der Waals surface area contributed by atoms with Gasteiger partial charge in [0.05, 0.1) is 0 Å². The van der Waals surface area contributed by atoms with Crippen molar-refractivity contribution in [2.24, 2.45) is 5.73 Å². The van der Waals surface area contributed by atoms with E-state index in [1.54, 1.807) is 0 Å². The van der Waals surface area contributed by atoms with E-state index in [0.717, 1.165) is 18.4 Å². The van der Waals surface area contributed by atoms with Gasteiger partial charge in [0.2, 0.25) is 0 Å². The molecule has 1 aromatic rings. The van der Waals surface area contributed by atoms with Crippen molar-refractivity contribution < 1.29 is 4.79 Å². The molecule has 2 unspecified atom stereocenters. The van der Waals surface area contributed by atoms with Crippen LogP contribution >= 0.6 is 11.8 Å². The predicted molar refractivity (Wildman–Crippen MR) is 81.6 cm³/mol. The van der Waals surface area contributed by atoms with Crippen LogP contribution in [0.5, 0.6) is 0 Å². The van der Waals surface area contributed by atoms with Gasteiger partial charge in [-0.3, -0.25) is 4.79 Å². The average molecular weight is 278 g/mol. The zero-order chi connectivity index (χ0) is 13.7. The monoisotopic (exact) mass is 278 g/mol. The molecule has 0 bridgehead atoms. The fourth-order valence-corrected chi connectivity index (χ4v) is 3.55. The zero-order valence-electron chi connectivity index (χ0n) is 11.4. The molecule has 2 rings (SSSR count). The van der Waals surface area contributed by atoms with E-state index in [4.69, 9.17) is 5.73 Å². The Labute approximate surface area is 119 Å². The first-order valence-corrected chi connectivity index (χ1v) is 8.16. The summed E-state index contributed by atoms with van der Waals surface area (Å²) < 4.78 is 0. The topological polar surface area (TPSA) is 55.1 Å². The van der Waals surface area contributed by atoms with Crippen molar-refractivity contribution in [3.8, 4) is 0 Å². The van der Waals surface area contributed by atoms with Crippen molar-refractivity contribution in [2.75, 3.05) is 12.8 Å². The molecule has 1 aromatic carbocycles. The summed E-state index contributed by atoms with van der Waals surface area (Å²) in [5, 5.41) is 3.73. The normalized spacial score (nSPS) is 22.4. The van der Waals surface area contributed by atoms with Gasteiger partial charge in [-0.1, -0.05) is 18.6 Å². The van der Waals surface area contributed by atoms with Gasteiger partial charge >= 0.3 is 0 Å². The summed E-state index contributed by atoms with van der Waals surface area (Å²) in [7, 11) is 0. The van der Waals surface area contributed by atoms with Gasteiger partial charge in [0.1, 0.15) is 0 Å². The predicted octanol–water partition coefficient (Wildman–Crippen LogP) is 2.20. The molecule has 1 saturated carbocycles. The van der Waals surface area contributed by atoms with Crippen LogP contribution in [-0.4, -0.2) is 30.0 Å². The number of hydrogen-bond acceptors (Lipinski definition) is 3. The number of nitrogens with two attached hydrogens (primary N) is 1. The molecule has 1 amide bonds. The molecule has 104 valence electrons. The van der Waals surface area contributed by atoms with E-state index in [1.807, 2.05) is 36.0 Å². The Morgan fingerprint density at radius 1 is 1.37 bits per heavy atom. The molecule has 4 heteroatoms. The summed E-state index contributed by atoms with van der Waals surface area (Å²) in [5.74, 6) is 0.0465. The Morgan fingerprint density at radius 2 is 2.11 bits per heavy atom. The van der Waals surface area contributed by atoms with E-state index in [-0.39, 0.29) is 5.91 Å². The molecule has 0 aromatic heterocycles. The van der Waals surface area contributed by atoms with Crippen LogP contribution in [0.4, 0.5) is 0 Å². The lowest BCUT2D eigenvalue weighted by molar-refractivity contribution is 0.0938. The number of carbonyl (C=O) groups is 1. The summed E-state index contributed by atoms with van der Waals surface area (Å²) in [6.45, 7) is 0.642. The summed E-state index contributed by atoms with van der Waals surface area (Å²) in [6.07, 6.45) is 6.51. The van der Waals surface area contributed by atoms with E-state index < -0.39 is 0 Å². The minimum atomic E-state index is 0.0465.